The summed E-state index contributed by atoms with van der Waals surface area (Å²) in [7, 11) is 0. The van der Waals surface area contributed by atoms with Gasteiger partial charge < -0.3 is 5.32 Å². The number of rotatable bonds is 3. The summed E-state index contributed by atoms with van der Waals surface area (Å²) in [5.41, 5.74) is 1.67. The van der Waals surface area contributed by atoms with E-state index in [1.54, 1.807) is 24.3 Å². The molecule has 1 N–H and O–H groups in total. The number of halogens is 2. The van der Waals surface area contributed by atoms with Gasteiger partial charge in [0, 0.05) is 15.1 Å². The summed E-state index contributed by atoms with van der Waals surface area (Å²) < 4.78 is 1.02. The van der Waals surface area contributed by atoms with Crippen molar-refractivity contribution in [2.45, 2.75) is 13.0 Å². The third kappa shape index (κ3) is 3.82. The lowest BCUT2D eigenvalue weighted by atomic mass is 10.1. The van der Waals surface area contributed by atoms with Crippen molar-refractivity contribution in [2.75, 3.05) is 0 Å². The van der Waals surface area contributed by atoms with E-state index in [4.69, 9.17) is 11.6 Å². The van der Waals surface area contributed by atoms with Crippen LogP contribution in [0.2, 0.25) is 5.02 Å². The molecule has 1 atom stereocenters. The lowest BCUT2D eigenvalue weighted by Crippen LogP contribution is -2.26. The van der Waals surface area contributed by atoms with Crippen LogP contribution in [0.1, 0.15) is 28.9 Å². The minimum absolute atomic E-state index is 0.0451. The zero-order valence-corrected chi connectivity index (χ0v) is 12.7. The van der Waals surface area contributed by atoms with Crippen molar-refractivity contribution in [2.24, 2.45) is 0 Å². The highest BCUT2D eigenvalue weighted by atomic mass is 79.9. The Bertz CT molecular complexity index is 566. The molecule has 4 heteroatoms. The van der Waals surface area contributed by atoms with Gasteiger partial charge in [-0.2, -0.15) is 0 Å². The van der Waals surface area contributed by atoms with Crippen LogP contribution in [0.3, 0.4) is 0 Å². The highest BCUT2D eigenvalue weighted by molar-refractivity contribution is 9.10. The third-order valence-corrected chi connectivity index (χ3v) is 3.60. The van der Waals surface area contributed by atoms with Crippen molar-refractivity contribution in [3.05, 3.63) is 69.2 Å². The van der Waals surface area contributed by atoms with Crippen molar-refractivity contribution >= 4 is 33.4 Å². The fraction of sp³-hybridized carbons (Fsp3) is 0.133. The molecule has 0 unspecified atom stereocenters. The molecule has 19 heavy (non-hydrogen) atoms. The highest BCUT2D eigenvalue weighted by Gasteiger charge is 2.11. The van der Waals surface area contributed by atoms with Gasteiger partial charge in [-0.3, -0.25) is 4.79 Å². The van der Waals surface area contributed by atoms with Gasteiger partial charge in [0.15, 0.2) is 0 Å². The van der Waals surface area contributed by atoms with Crippen LogP contribution in [-0.4, -0.2) is 5.91 Å². The molecular formula is C15H13BrClNO. The summed E-state index contributed by atoms with van der Waals surface area (Å²) in [6.07, 6.45) is 0. The largest absolute Gasteiger partial charge is 0.346 e. The summed E-state index contributed by atoms with van der Waals surface area (Å²) in [5, 5.41) is 3.58. The van der Waals surface area contributed by atoms with E-state index in [0.29, 0.717) is 10.6 Å². The van der Waals surface area contributed by atoms with Gasteiger partial charge in [-0.05, 0) is 48.9 Å². The first-order chi connectivity index (χ1) is 9.06. The van der Waals surface area contributed by atoms with Crippen LogP contribution >= 0.6 is 27.5 Å². The minimum atomic E-state index is -0.105. The third-order valence-electron chi connectivity index (χ3n) is 2.82. The Morgan fingerprint density at radius 2 is 1.68 bits per heavy atom. The van der Waals surface area contributed by atoms with Gasteiger partial charge >= 0.3 is 0 Å². The van der Waals surface area contributed by atoms with Crippen LogP contribution in [-0.2, 0) is 0 Å². The SMILES string of the molecule is C[C@@H](NC(=O)c1ccc(Cl)cc1)c1ccc(Br)cc1. The normalized spacial score (nSPS) is 11.9. The number of carbonyl (C=O) groups excluding carboxylic acids is 1. The van der Waals surface area contributed by atoms with Gasteiger partial charge in [0.05, 0.1) is 6.04 Å². The summed E-state index contributed by atoms with van der Waals surface area (Å²) in [5.74, 6) is -0.105. The van der Waals surface area contributed by atoms with Gasteiger partial charge in [-0.25, -0.2) is 0 Å². The van der Waals surface area contributed by atoms with E-state index in [0.717, 1.165) is 10.0 Å². The Morgan fingerprint density at radius 1 is 1.11 bits per heavy atom. The molecule has 0 radical (unpaired) electrons. The van der Waals surface area contributed by atoms with Crippen molar-refractivity contribution in [1.82, 2.24) is 5.32 Å². The Kier molecular flexibility index (Phi) is 4.61. The Morgan fingerprint density at radius 3 is 2.26 bits per heavy atom. The van der Waals surface area contributed by atoms with Crippen molar-refractivity contribution < 1.29 is 4.79 Å². The molecule has 0 aromatic heterocycles. The molecule has 0 fully saturated rings. The molecule has 98 valence electrons. The molecule has 2 aromatic rings. The van der Waals surface area contributed by atoms with Gasteiger partial charge in [0.25, 0.3) is 5.91 Å². The number of hydrogen-bond donors (Lipinski definition) is 1. The van der Waals surface area contributed by atoms with Crippen LogP contribution in [0.4, 0.5) is 0 Å². The first kappa shape index (κ1) is 14.1. The molecule has 0 aliphatic heterocycles. The average Bonchev–Trinajstić information content (AvgIpc) is 2.40. The van der Waals surface area contributed by atoms with Gasteiger partial charge in [-0.15, -0.1) is 0 Å². The van der Waals surface area contributed by atoms with E-state index in [9.17, 15) is 4.79 Å². The van der Waals surface area contributed by atoms with E-state index >= 15 is 0 Å². The van der Waals surface area contributed by atoms with E-state index in [2.05, 4.69) is 21.2 Å². The monoisotopic (exact) mass is 337 g/mol. The highest BCUT2D eigenvalue weighted by Crippen LogP contribution is 2.17. The van der Waals surface area contributed by atoms with Crippen LogP contribution < -0.4 is 5.32 Å². The Balaban J connectivity index is 2.06. The molecule has 2 aromatic carbocycles. The van der Waals surface area contributed by atoms with E-state index < -0.39 is 0 Å². The second-order valence-electron chi connectivity index (χ2n) is 4.25. The lowest BCUT2D eigenvalue weighted by Gasteiger charge is -2.14. The van der Waals surface area contributed by atoms with Crippen LogP contribution in [0, 0.1) is 0 Å². The number of benzene rings is 2. The fourth-order valence-electron chi connectivity index (χ4n) is 1.72. The summed E-state index contributed by atoms with van der Waals surface area (Å²) >= 11 is 9.19. The molecule has 2 nitrogen and oxygen atoms in total. The molecule has 0 aliphatic carbocycles. The quantitative estimate of drug-likeness (QED) is 0.871. The second-order valence-corrected chi connectivity index (χ2v) is 5.61. The molecule has 1 amide bonds. The number of nitrogens with one attached hydrogen (secondary N) is 1. The maximum atomic E-state index is 12.0. The zero-order valence-electron chi connectivity index (χ0n) is 10.4. The Hall–Kier alpha value is -1.32. The van der Waals surface area contributed by atoms with Gasteiger partial charge in [0.1, 0.15) is 0 Å². The molecule has 0 saturated carbocycles. The number of carbonyl (C=O) groups is 1. The topological polar surface area (TPSA) is 29.1 Å². The Labute approximate surface area is 125 Å². The van der Waals surface area contributed by atoms with Crippen molar-refractivity contribution in [3.8, 4) is 0 Å². The molecule has 0 saturated heterocycles. The lowest BCUT2D eigenvalue weighted by molar-refractivity contribution is 0.0940. The molecular weight excluding hydrogens is 326 g/mol. The second kappa shape index (κ2) is 6.22. The number of hydrogen-bond acceptors (Lipinski definition) is 1. The molecule has 0 spiro atoms. The zero-order chi connectivity index (χ0) is 13.8. The molecule has 0 aliphatic rings. The van der Waals surface area contributed by atoms with Crippen molar-refractivity contribution in [1.29, 1.82) is 0 Å². The predicted octanol–water partition coefficient (Wildman–Crippen LogP) is 4.59. The van der Waals surface area contributed by atoms with Crippen molar-refractivity contribution in [3.63, 3.8) is 0 Å². The van der Waals surface area contributed by atoms with Crippen LogP contribution in [0.25, 0.3) is 0 Å². The van der Waals surface area contributed by atoms with E-state index in [1.807, 2.05) is 31.2 Å². The molecule has 2 rings (SSSR count). The van der Waals surface area contributed by atoms with Gasteiger partial charge in [-0.1, -0.05) is 39.7 Å². The van der Waals surface area contributed by atoms with Crippen LogP contribution in [0.5, 0.6) is 0 Å². The predicted molar refractivity (Wildman–Crippen MR) is 81.5 cm³/mol. The standard InChI is InChI=1S/C15H13BrClNO/c1-10(11-2-6-13(16)7-3-11)18-15(19)12-4-8-14(17)9-5-12/h2-10H,1H3,(H,18,19)/t10-/m1/s1. The fourth-order valence-corrected chi connectivity index (χ4v) is 2.11. The smallest absolute Gasteiger partial charge is 0.251 e. The van der Waals surface area contributed by atoms with Crippen LogP contribution in [0.15, 0.2) is 53.0 Å². The summed E-state index contributed by atoms with van der Waals surface area (Å²) in [4.78, 5) is 12.0. The first-order valence-corrected chi connectivity index (χ1v) is 7.05. The van der Waals surface area contributed by atoms with E-state index in [-0.39, 0.29) is 11.9 Å². The minimum Gasteiger partial charge on any atom is -0.346 e. The number of amides is 1. The van der Waals surface area contributed by atoms with Gasteiger partial charge in [0.2, 0.25) is 0 Å². The summed E-state index contributed by atoms with van der Waals surface area (Å²) in [6.45, 7) is 1.96. The average molecular weight is 339 g/mol. The first-order valence-electron chi connectivity index (χ1n) is 5.88. The maximum absolute atomic E-state index is 12.0. The summed E-state index contributed by atoms with van der Waals surface area (Å²) in [6, 6.07) is 14.7. The maximum Gasteiger partial charge on any atom is 0.251 e. The molecule has 0 bridgehead atoms. The van der Waals surface area contributed by atoms with E-state index in [1.165, 1.54) is 0 Å². The molecule has 0 heterocycles.